The molecule has 0 aliphatic carbocycles. The smallest absolute Gasteiger partial charge is 0.272 e. The molecule has 0 radical (unpaired) electrons. The molecule has 0 saturated carbocycles. The minimum atomic E-state index is -0.00887. The van der Waals surface area contributed by atoms with Crippen LogP contribution in [0.4, 0.5) is 0 Å². The molecule has 0 unspecified atom stereocenters. The summed E-state index contributed by atoms with van der Waals surface area (Å²) in [5.74, 6) is -0.000632. The third kappa shape index (κ3) is 3.12. The van der Waals surface area contributed by atoms with Crippen LogP contribution in [0.5, 0.6) is 0 Å². The summed E-state index contributed by atoms with van der Waals surface area (Å²) in [6.07, 6.45) is 3.66. The lowest BCUT2D eigenvalue weighted by Gasteiger charge is -2.38. The predicted octanol–water partition coefficient (Wildman–Crippen LogP) is 2.32. The van der Waals surface area contributed by atoms with Crippen LogP contribution in [0.2, 0.25) is 0 Å². The first-order valence-corrected chi connectivity index (χ1v) is 10.4. The fraction of sp³-hybridized carbons (Fsp3) is 0.300. The Labute approximate surface area is 172 Å². The van der Waals surface area contributed by atoms with Crippen LogP contribution in [0.1, 0.15) is 22.2 Å². The van der Waals surface area contributed by atoms with E-state index in [1.807, 2.05) is 15.6 Å². The lowest BCUT2D eigenvalue weighted by atomic mass is 10.1. The first-order valence-electron chi connectivity index (χ1n) is 9.47. The predicted molar refractivity (Wildman–Crippen MR) is 111 cm³/mol. The van der Waals surface area contributed by atoms with Gasteiger partial charge in [0.05, 0.1) is 11.6 Å². The molecule has 148 valence electrons. The summed E-state index contributed by atoms with van der Waals surface area (Å²) >= 11 is 1.68. The van der Waals surface area contributed by atoms with E-state index in [0.717, 1.165) is 23.3 Å². The number of carbonyl (C=O) groups is 1. The van der Waals surface area contributed by atoms with Crippen molar-refractivity contribution >= 4 is 22.8 Å². The van der Waals surface area contributed by atoms with E-state index in [2.05, 4.69) is 56.3 Å². The summed E-state index contributed by atoms with van der Waals surface area (Å²) in [6.45, 7) is 2.03. The first kappa shape index (κ1) is 18.0. The number of fused-ring (bicyclic) bond motifs is 1. The van der Waals surface area contributed by atoms with Gasteiger partial charge in [0.25, 0.3) is 5.91 Å². The van der Waals surface area contributed by atoms with Crippen LogP contribution < -0.4 is 0 Å². The summed E-state index contributed by atoms with van der Waals surface area (Å²) in [6, 6.07) is 8.02. The van der Waals surface area contributed by atoms with E-state index in [1.54, 1.807) is 35.3 Å². The normalized spacial score (nSPS) is 17.9. The molecule has 0 N–H and O–H groups in total. The number of aryl methyl sites for hydroxylation is 1. The van der Waals surface area contributed by atoms with Crippen molar-refractivity contribution in [2.24, 2.45) is 7.05 Å². The Morgan fingerprint density at radius 1 is 1.14 bits per heavy atom. The van der Waals surface area contributed by atoms with Gasteiger partial charge in [-0.1, -0.05) is 11.3 Å². The Bertz CT molecular complexity index is 1160. The molecular weight excluding hydrogens is 386 g/mol. The molecule has 0 spiro atoms. The standard InChI is InChI=1S/C20H21N7OS/c1-24-8-9-26(20(28)17-5-7-21-25(17)2)12-18(24)19-16-4-3-14(11-27(16)23-22-19)15-6-10-29-13-15/h3-7,10-11,13,18H,8-9,12H2,1-2H3/t18-/m0/s1. The van der Waals surface area contributed by atoms with Gasteiger partial charge in [0.2, 0.25) is 0 Å². The first-order chi connectivity index (χ1) is 14.1. The molecule has 1 fully saturated rings. The van der Waals surface area contributed by atoms with Crippen molar-refractivity contribution in [1.29, 1.82) is 0 Å². The number of aromatic nitrogens is 5. The van der Waals surface area contributed by atoms with E-state index >= 15 is 0 Å². The minimum absolute atomic E-state index is 0.000632. The number of hydrogen-bond acceptors (Lipinski definition) is 6. The third-order valence-electron chi connectivity index (χ3n) is 5.59. The zero-order valence-electron chi connectivity index (χ0n) is 16.3. The van der Waals surface area contributed by atoms with Crippen LogP contribution in [-0.2, 0) is 7.05 Å². The summed E-state index contributed by atoms with van der Waals surface area (Å²) < 4.78 is 3.45. The quantitative estimate of drug-likeness (QED) is 0.521. The topological polar surface area (TPSA) is 71.6 Å². The lowest BCUT2D eigenvalue weighted by Crippen LogP contribution is -2.49. The van der Waals surface area contributed by atoms with Gasteiger partial charge >= 0.3 is 0 Å². The van der Waals surface area contributed by atoms with E-state index in [1.165, 1.54) is 5.56 Å². The lowest BCUT2D eigenvalue weighted by molar-refractivity contribution is 0.0531. The largest absolute Gasteiger partial charge is 0.334 e. The molecule has 5 rings (SSSR count). The van der Waals surface area contributed by atoms with Crippen LogP contribution in [-0.4, -0.2) is 67.0 Å². The number of likely N-dealkylation sites (N-methyl/N-ethyl adjacent to an activating group) is 1. The van der Waals surface area contributed by atoms with Crippen molar-refractivity contribution in [3.8, 4) is 11.1 Å². The van der Waals surface area contributed by atoms with Crippen molar-refractivity contribution in [3.05, 3.63) is 58.8 Å². The monoisotopic (exact) mass is 407 g/mol. The maximum absolute atomic E-state index is 12.9. The molecular formula is C20H21N7OS. The Morgan fingerprint density at radius 2 is 2.03 bits per heavy atom. The Morgan fingerprint density at radius 3 is 2.79 bits per heavy atom. The van der Waals surface area contributed by atoms with Crippen LogP contribution in [0.15, 0.2) is 47.4 Å². The Kier molecular flexibility index (Phi) is 4.40. The SMILES string of the molecule is CN1CCN(C(=O)c2ccnn2C)C[C@H]1c1nnn2cc(-c3ccsc3)ccc12. The van der Waals surface area contributed by atoms with Gasteiger partial charge in [-0.2, -0.15) is 16.4 Å². The zero-order valence-corrected chi connectivity index (χ0v) is 17.1. The van der Waals surface area contributed by atoms with Gasteiger partial charge in [0.15, 0.2) is 0 Å². The molecule has 1 saturated heterocycles. The highest BCUT2D eigenvalue weighted by atomic mass is 32.1. The Balaban J connectivity index is 1.45. The van der Waals surface area contributed by atoms with Crippen molar-refractivity contribution in [2.75, 3.05) is 26.7 Å². The van der Waals surface area contributed by atoms with Crippen LogP contribution in [0.25, 0.3) is 16.6 Å². The number of thiophene rings is 1. The molecule has 29 heavy (non-hydrogen) atoms. The maximum Gasteiger partial charge on any atom is 0.272 e. The molecule has 4 aromatic heterocycles. The molecule has 1 atom stereocenters. The number of amides is 1. The average molecular weight is 408 g/mol. The van der Waals surface area contributed by atoms with Crippen molar-refractivity contribution in [2.45, 2.75) is 6.04 Å². The highest BCUT2D eigenvalue weighted by Crippen LogP contribution is 2.28. The second-order valence-electron chi connectivity index (χ2n) is 7.32. The van der Waals surface area contributed by atoms with Crippen LogP contribution >= 0.6 is 11.3 Å². The van der Waals surface area contributed by atoms with Gasteiger partial charge in [-0.25, -0.2) is 4.52 Å². The van der Waals surface area contributed by atoms with Gasteiger partial charge in [-0.3, -0.25) is 14.4 Å². The highest BCUT2D eigenvalue weighted by molar-refractivity contribution is 7.08. The highest BCUT2D eigenvalue weighted by Gasteiger charge is 2.32. The number of hydrogen-bond donors (Lipinski definition) is 0. The number of pyridine rings is 1. The minimum Gasteiger partial charge on any atom is -0.334 e. The molecule has 0 bridgehead atoms. The summed E-state index contributed by atoms with van der Waals surface area (Å²) in [7, 11) is 3.86. The zero-order chi connectivity index (χ0) is 20.0. The third-order valence-corrected chi connectivity index (χ3v) is 6.27. The molecule has 1 amide bonds. The van der Waals surface area contributed by atoms with E-state index in [9.17, 15) is 4.79 Å². The van der Waals surface area contributed by atoms with Gasteiger partial charge in [0.1, 0.15) is 11.4 Å². The molecule has 1 aliphatic rings. The van der Waals surface area contributed by atoms with Crippen LogP contribution in [0, 0.1) is 0 Å². The summed E-state index contributed by atoms with van der Waals surface area (Å²) in [5.41, 5.74) is 4.75. The number of piperazine rings is 1. The van der Waals surface area contributed by atoms with E-state index in [0.29, 0.717) is 18.8 Å². The van der Waals surface area contributed by atoms with E-state index < -0.39 is 0 Å². The second kappa shape index (κ2) is 7.09. The van der Waals surface area contributed by atoms with Crippen molar-refractivity contribution in [3.63, 3.8) is 0 Å². The molecule has 5 heterocycles. The molecule has 1 aliphatic heterocycles. The van der Waals surface area contributed by atoms with Gasteiger partial charge < -0.3 is 4.90 Å². The number of nitrogens with zero attached hydrogens (tertiary/aromatic N) is 7. The summed E-state index contributed by atoms with van der Waals surface area (Å²) in [5, 5.41) is 17.2. The average Bonchev–Trinajstić information content (AvgIpc) is 3.48. The van der Waals surface area contributed by atoms with Crippen molar-refractivity contribution in [1.82, 2.24) is 34.4 Å². The van der Waals surface area contributed by atoms with Gasteiger partial charge in [-0.05, 0) is 41.6 Å². The molecule has 0 aromatic carbocycles. The van der Waals surface area contributed by atoms with Gasteiger partial charge in [0, 0.05) is 44.6 Å². The van der Waals surface area contributed by atoms with E-state index in [-0.39, 0.29) is 11.9 Å². The number of carbonyl (C=O) groups excluding carboxylic acids is 1. The Hall–Kier alpha value is -3.04. The maximum atomic E-state index is 12.9. The number of rotatable bonds is 3. The second-order valence-corrected chi connectivity index (χ2v) is 8.10. The summed E-state index contributed by atoms with van der Waals surface area (Å²) in [4.78, 5) is 17.1. The van der Waals surface area contributed by atoms with E-state index in [4.69, 9.17) is 0 Å². The fourth-order valence-corrected chi connectivity index (χ4v) is 4.51. The molecule has 9 heteroatoms. The van der Waals surface area contributed by atoms with Crippen LogP contribution in [0.3, 0.4) is 0 Å². The van der Waals surface area contributed by atoms with Gasteiger partial charge in [-0.15, -0.1) is 5.10 Å². The molecule has 8 nitrogen and oxygen atoms in total. The fourth-order valence-electron chi connectivity index (χ4n) is 3.85. The van der Waals surface area contributed by atoms with Crippen molar-refractivity contribution < 1.29 is 4.79 Å². The molecule has 4 aromatic rings.